The zero-order valence-electron chi connectivity index (χ0n) is 10.6. The van der Waals surface area contributed by atoms with Crippen molar-refractivity contribution in [2.24, 2.45) is 5.92 Å². The van der Waals surface area contributed by atoms with Crippen molar-refractivity contribution in [2.45, 2.75) is 26.3 Å². The molecule has 0 aliphatic carbocycles. The van der Waals surface area contributed by atoms with E-state index in [1.807, 2.05) is 13.8 Å². The fourth-order valence-corrected chi connectivity index (χ4v) is 1.72. The first kappa shape index (κ1) is 14.3. The van der Waals surface area contributed by atoms with E-state index in [2.05, 4.69) is 5.32 Å². The Morgan fingerprint density at radius 3 is 2.50 bits per heavy atom. The Morgan fingerprint density at radius 2 is 2.00 bits per heavy atom. The van der Waals surface area contributed by atoms with Gasteiger partial charge in [0.05, 0.1) is 18.2 Å². The standard InChI is InChI=1S/C13H19NO4/c1-8(2)5-9(7-15)14-13(18)11-4-3-10(16)6-12(11)17/h3-4,6,8-9,15-17H,5,7H2,1-2H3,(H,14,18). The molecule has 1 aromatic rings. The van der Waals surface area contributed by atoms with Crippen LogP contribution in [0, 0.1) is 5.92 Å². The Balaban J connectivity index is 2.74. The van der Waals surface area contributed by atoms with Crippen LogP contribution in [0.15, 0.2) is 18.2 Å². The lowest BCUT2D eigenvalue weighted by Gasteiger charge is -2.18. The number of rotatable bonds is 5. The first-order chi connectivity index (χ1) is 8.43. The van der Waals surface area contributed by atoms with E-state index in [0.717, 1.165) is 6.07 Å². The topological polar surface area (TPSA) is 89.8 Å². The molecule has 0 aromatic heterocycles. The van der Waals surface area contributed by atoms with Gasteiger partial charge in [-0.2, -0.15) is 0 Å². The number of hydrogen-bond donors (Lipinski definition) is 4. The van der Waals surface area contributed by atoms with Gasteiger partial charge in [-0.3, -0.25) is 4.79 Å². The van der Waals surface area contributed by atoms with Crippen LogP contribution in [-0.4, -0.2) is 33.9 Å². The average molecular weight is 253 g/mol. The molecule has 0 bridgehead atoms. The Morgan fingerprint density at radius 1 is 1.33 bits per heavy atom. The molecule has 0 spiro atoms. The summed E-state index contributed by atoms with van der Waals surface area (Å²) in [5.74, 6) is -0.512. The van der Waals surface area contributed by atoms with Gasteiger partial charge in [0.25, 0.3) is 5.91 Å². The van der Waals surface area contributed by atoms with Crippen molar-refractivity contribution in [1.82, 2.24) is 5.32 Å². The van der Waals surface area contributed by atoms with Gasteiger partial charge in [-0.05, 0) is 24.5 Å². The van der Waals surface area contributed by atoms with Gasteiger partial charge in [-0.1, -0.05) is 13.8 Å². The molecule has 0 aliphatic rings. The van der Waals surface area contributed by atoms with Crippen LogP contribution >= 0.6 is 0 Å². The van der Waals surface area contributed by atoms with Crippen LogP contribution in [0.25, 0.3) is 0 Å². The summed E-state index contributed by atoms with van der Waals surface area (Å²) in [6.07, 6.45) is 0.654. The molecular weight excluding hydrogens is 234 g/mol. The maximum atomic E-state index is 11.9. The molecule has 0 fully saturated rings. The molecule has 0 heterocycles. The van der Waals surface area contributed by atoms with Crippen LogP contribution in [0.4, 0.5) is 0 Å². The summed E-state index contributed by atoms with van der Waals surface area (Å²) in [6, 6.07) is 3.42. The minimum atomic E-state index is -0.466. The largest absolute Gasteiger partial charge is 0.508 e. The average Bonchev–Trinajstić information content (AvgIpc) is 2.27. The van der Waals surface area contributed by atoms with Crippen LogP contribution in [0.2, 0.25) is 0 Å². The Labute approximate surface area is 106 Å². The van der Waals surface area contributed by atoms with Gasteiger partial charge in [0.1, 0.15) is 11.5 Å². The van der Waals surface area contributed by atoms with Crippen molar-refractivity contribution in [3.8, 4) is 11.5 Å². The maximum Gasteiger partial charge on any atom is 0.255 e. The van der Waals surface area contributed by atoms with Gasteiger partial charge in [0.15, 0.2) is 0 Å². The van der Waals surface area contributed by atoms with Crippen molar-refractivity contribution < 1.29 is 20.1 Å². The number of amides is 1. The molecule has 0 radical (unpaired) electrons. The van der Waals surface area contributed by atoms with Crippen molar-refractivity contribution in [1.29, 1.82) is 0 Å². The van der Waals surface area contributed by atoms with Crippen LogP contribution in [-0.2, 0) is 0 Å². The highest BCUT2D eigenvalue weighted by Gasteiger charge is 2.17. The number of carbonyl (C=O) groups excluding carboxylic acids is 1. The van der Waals surface area contributed by atoms with Gasteiger partial charge in [0.2, 0.25) is 0 Å². The number of aromatic hydroxyl groups is 2. The number of hydrogen-bond acceptors (Lipinski definition) is 4. The molecule has 18 heavy (non-hydrogen) atoms. The predicted molar refractivity (Wildman–Crippen MR) is 67.6 cm³/mol. The van der Waals surface area contributed by atoms with E-state index < -0.39 is 5.91 Å². The molecule has 1 atom stereocenters. The second kappa shape index (κ2) is 6.26. The zero-order valence-corrected chi connectivity index (χ0v) is 10.6. The lowest BCUT2D eigenvalue weighted by molar-refractivity contribution is 0.0905. The normalized spacial score (nSPS) is 12.4. The number of phenols is 2. The van der Waals surface area contributed by atoms with Gasteiger partial charge in [-0.25, -0.2) is 0 Å². The van der Waals surface area contributed by atoms with Crippen molar-refractivity contribution in [3.63, 3.8) is 0 Å². The van der Waals surface area contributed by atoms with Crippen molar-refractivity contribution in [3.05, 3.63) is 23.8 Å². The molecule has 0 saturated carbocycles. The number of phenolic OH excluding ortho intramolecular Hbond substituents is 2. The summed E-state index contributed by atoms with van der Waals surface area (Å²) in [5.41, 5.74) is 0.0787. The fraction of sp³-hybridized carbons (Fsp3) is 0.462. The van der Waals surface area contributed by atoms with E-state index in [1.165, 1.54) is 12.1 Å². The molecule has 1 unspecified atom stereocenters. The smallest absolute Gasteiger partial charge is 0.255 e. The lowest BCUT2D eigenvalue weighted by atomic mass is 10.0. The summed E-state index contributed by atoms with van der Waals surface area (Å²) in [4.78, 5) is 11.9. The van der Waals surface area contributed by atoms with Gasteiger partial charge in [0, 0.05) is 6.07 Å². The first-order valence-corrected chi connectivity index (χ1v) is 5.87. The van der Waals surface area contributed by atoms with Gasteiger partial charge >= 0.3 is 0 Å². The quantitative estimate of drug-likeness (QED) is 0.635. The molecule has 0 saturated heterocycles. The Bertz CT molecular complexity index is 417. The van der Waals surface area contributed by atoms with E-state index in [-0.39, 0.29) is 29.7 Å². The summed E-state index contributed by atoms with van der Waals surface area (Å²) in [5, 5.41) is 30.5. The van der Waals surface area contributed by atoms with Crippen LogP contribution in [0.3, 0.4) is 0 Å². The molecule has 5 heteroatoms. The zero-order chi connectivity index (χ0) is 13.7. The minimum absolute atomic E-state index is 0.0787. The third-order valence-electron chi connectivity index (χ3n) is 2.54. The third-order valence-corrected chi connectivity index (χ3v) is 2.54. The van der Waals surface area contributed by atoms with Crippen LogP contribution < -0.4 is 5.32 Å². The van der Waals surface area contributed by atoms with E-state index in [4.69, 9.17) is 10.2 Å². The fourth-order valence-electron chi connectivity index (χ4n) is 1.72. The van der Waals surface area contributed by atoms with Crippen LogP contribution in [0.1, 0.15) is 30.6 Å². The molecule has 4 N–H and O–H groups in total. The Kier molecular flexibility index (Phi) is 4.97. The van der Waals surface area contributed by atoms with E-state index in [1.54, 1.807) is 0 Å². The van der Waals surface area contributed by atoms with E-state index in [9.17, 15) is 9.90 Å². The number of benzene rings is 1. The molecule has 1 amide bonds. The van der Waals surface area contributed by atoms with Crippen LogP contribution in [0.5, 0.6) is 11.5 Å². The molecule has 5 nitrogen and oxygen atoms in total. The van der Waals surface area contributed by atoms with Crippen molar-refractivity contribution in [2.75, 3.05) is 6.61 Å². The SMILES string of the molecule is CC(C)CC(CO)NC(=O)c1ccc(O)cc1O. The number of aliphatic hydroxyl groups is 1. The first-order valence-electron chi connectivity index (χ1n) is 5.87. The van der Waals surface area contributed by atoms with E-state index in [0.29, 0.717) is 12.3 Å². The maximum absolute atomic E-state index is 11.9. The lowest BCUT2D eigenvalue weighted by Crippen LogP contribution is -2.38. The molecule has 100 valence electrons. The molecular formula is C13H19NO4. The second-order valence-electron chi connectivity index (χ2n) is 4.68. The Hall–Kier alpha value is -1.75. The highest BCUT2D eigenvalue weighted by Crippen LogP contribution is 2.22. The summed E-state index contributed by atoms with van der Waals surface area (Å²) < 4.78 is 0. The van der Waals surface area contributed by atoms with Gasteiger partial charge in [-0.15, -0.1) is 0 Å². The second-order valence-corrected chi connectivity index (χ2v) is 4.68. The third kappa shape index (κ3) is 3.92. The number of carbonyl (C=O) groups is 1. The minimum Gasteiger partial charge on any atom is -0.508 e. The summed E-state index contributed by atoms with van der Waals surface area (Å²) >= 11 is 0. The highest BCUT2D eigenvalue weighted by atomic mass is 16.3. The monoisotopic (exact) mass is 253 g/mol. The number of nitrogens with one attached hydrogen (secondary N) is 1. The van der Waals surface area contributed by atoms with Crippen molar-refractivity contribution >= 4 is 5.91 Å². The summed E-state index contributed by atoms with van der Waals surface area (Å²) in [6.45, 7) is 3.84. The predicted octanol–water partition coefficient (Wildman–Crippen LogP) is 1.23. The molecule has 1 aromatic carbocycles. The highest BCUT2D eigenvalue weighted by molar-refractivity contribution is 5.97. The van der Waals surface area contributed by atoms with Gasteiger partial charge < -0.3 is 20.6 Å². The number of aliphatic hydroxyl groups excluding tert-OH is 1. The molecule has 1 rings (SSSR count). The molecule has 0 aliphatic heterocycles. The van der Waals surface area contributed by atoms with E-state index >= 15 is 0 Å². The summed E-state index contributed by atoms with van der Waals surface area (Å²) in [7, 11) is 0.